The molecule has 1 N–H and O–H groups in total. The van der Waals surface area contributed by atoms with Gasteiger partial charge in [-0.2, -0.15) is 0 Å². The number of hydrogen-bond acceptors (Lipinski definition) is 3. The minimum atomic E-state index is -0.182. The molecule has 5 heteroatoms. The van der Waals surface area contributed by atoms with Gasteiger partial charge in [0.05, 0.1) is 6.04 Å². The van der Waals surface area contributed by atoms with Crippen LogP contribution in [0.3, 0.4) is 0 Å². The first kappa shape index (κ1) is 21.8. The largest absolute Gasteiger partial charge is 0.345 e. The Morgan fingerprint density at radius 3 is 2.47 bits per heavy atom. The normalized spacial score (nSPS) is 14.8. The molecule has 0 bridgehead atoms. The summed E-state index contributed by atoms with van der Waals surface area (Å²) in [7, 11) is 0. The number of pyridine rings is 1. The van der Waals surface area contributed by atoms with Crippen LogP contribution in [0.25, 0.3) is 11.1 Å². The maximum atomic E-state index is 13.2. The van der Waals surface area contributed by atoms with Crippen molar-refractivity contribution in [3.05, 3.63) is 83.2 Å². The zero-order chi connectivity index (χ0) is 22.7. The van der Waals surface area contributed by atoms with Crippen LogP contribution in [0.1, 0.15) is 59.4 Å². The minimum absolute atomic E-state index is 0.114. The van der Waals surface area contributed by atoms with Gasteiger partial charge >= 0.3 is 0 Å². The number of benzene rings is 2. The van der Waals surface area contributed by atoms with Gasteiger partial charge in [0, 0.05) is 36.1 Å². The highest BCUT2D eigenvalue weighted by atomic mass is 16.2. The fourth-order valence-corrected chi connectivity index (χ4v) is 3.99. The fourth-order valence-electron chi connectivity index (χ4n) is 3.99. The lowest BCUT2D eigenvalue weighted by Crippen LogP contribution is -2.35. The van der Waals surface area contributed by atoms with Crippen LogP contribution in [0.4, 0.5) is 5.69 Å². The van der Waals surface area contributed by atoms with Crippen LogP contribution in [0.2, 0.25) is 0 Å². The molecule has 32 heavy (non-hydrogen) atoms. The van der Waals surface area contributed by atoms with Crippen LogP contribution in [-0.4, -0.2) is 23.3 Å². The van der Waals surface area contributed by atoms with Gasteiger partial charge in [-0.15, -0.1) is 0 Å². The second kappa shape index (κ2) is 9.35. The van der Waals surface area contributed by atoms with Crippen LogP contribution >= 0.6 is 0 Å². The molecule has 1 unspecified atom stereocenters. The topological polar surface area (TPSA) is 62.3 Å². The first-order valence-electron chi connectivity index (χ1n) is 11.2. The quantitative estimate of drug-likeness (QED) is 0.595. The monoisotopic (exact) mass is 427 g/mol. The van der Waals surface area contributed by atoms with E-state index in [4.69, 9.17) is 0 Å². The van der Waals surface area contributed by atoms with Crippen LogP contribution in [0.5, 0.6) is 0 Å². The summed E-state index contributed by atoms with van der Waals surface area (Å²) in [6, 6.07) is 17.7. The van der Waals surface area contributed by atoms with Crippen LogP contribution < -0.4 is 10.2 Å². The summed E-state index contributed by atoms with van der Waals surface area (Å²) in [5, 5.41) is 3.08. The smallest absolute Gasteiger partial charge is 0.251 e. The van der Waals surface area contributed by atoms with E-state index in [1.54, 1.807) is 6.20 Å². The third kappa shape index (κ3) is 4.88. The van der Waals surface area contributed by atoms with E-state index in [0.717, 1.165) is 40.9 Å². The molecule has 3 aromatic rings. The molecule has 1 aliphatic heterocycles. The number of amides is 2. The Kier molecular flexibility index (Phi) is 6.35. The summed E-state index contributed by atoms with van der Waals surface area (Å²) in [4.78, 5) is 31.9. The van der Waals surface area contributed by atoms with Crippen molar-refractivity contribution in [2.24, 2.45) is 0 Å². The molecule has 1 saturated heterocycles. The van der Waals surface area contributed by atoms with E-state index in [9.17, 15) is 9.59 Å². The van der Waals surface area contributed by atoms with Crippen molar-refractivity contribution in [3.8, 4) is 11.1 Å². The van der Waals surface area contributed by atoms with Crippen molar-refractivity contribution in [2.45, 2.75) is 46.1 Å². The van der Waals surface area contributed by atoms with Gasteiger partial charge in [0.2, 0.25) is 5.91 Å². The third-order valence-electron chi connectivity index (χ3n) is 5.98. The minimum Gasteiger partial charge on any atom is -0.345 e. The fraction of sp³-hybridized carbons (Fsp3) is 0.296. The molecule has 1 fully saturated rings. The lowest BCUT2D eigenvalue weighted by atomic mass is 9.99. The van der Waals surface area contributed by atoms with E-state index >= 15 is 0 Å². The summed E-state index contributed by atoms with van der Waals surface area (Å²) in [6.07, 6.45) is 4.23. The summed E-state index contributed by atoms with van der Waals surface area (Å²) < 4.78 is 0. The van der Waals surface area contributed by atoms with Crippen LogP contribution in [0, 0.1) is 13.8 Å². The maximum Gasteiger partial charge on any atom is 0.251 e. The average molecular weight is 428 g/mol. The van der Waals surface area contributed by atoms with Crippen molar-refractivity contribution in [1.82, 2.24) is 10.3 Å². The molecule has 4 rings (SSSR count). The Hall–Kier alpha value is -3.47. The number of hydrogen-bond donors (Lipinski definition) is 1. The van der Waals surface area contributed by atoms with Crippen LogP contribution in [0.15, 0.2) is 60.8 Å². The summed E-state index contributed by atoms with van der Waals surface area (Å²) >= 11 is 0. The van der Waals surface area contributed by atoms with Gasteiger partial charge in [0.15, 0.2) is 0 Å². The third-order valence-corrected chi connectivity index (χ3v) is 5.98. The highest BCUT2D eigenvalue weighted by molar-refractivity contribution is 6.00. The average Bonchev–Trinajstić information content (AvgIpc) is 2.80. The standard InChI is InChI=1S/C27H29N3O2/c1-18-7-10-21(11-8-18)23-14-24(16-25(15-23)30-13-5-4-6-26(30)31)27(32)29-20(3)22-12-9-19(2)28-17-22/h7-12,14-17,20H,4-6,13H2,1-3H3,(H,29,32). The molecule has 2 heterocycles. The second-order valence-electron chi connectivity index (χ2n) is 8.57. The van der Waals surface area contributed by atoms with Crippen molar-refractivity contribution >= 4 is 17.5 Å². The molecule has 0 saturated carbocycles. The molecule has 5 nitrogen and oxygen atoms in total. The molecule has 1 atom stereocenters. The molecule has 164 valence electrons. The number of aryl methyl sites for hydroxylation is 2. The number of aromatic nitrogens is 1. The van der Waals surface area contributed by atoms with Gasteiger partial charge in [0.1, 0.15) is 0 Å². The van der Waals surface area contributed by atoms with Crippen LogP contribution in [-0.2, 0) is 4.79 Å². The maximum absolute atomic E-state index is 13.2. The highest BCUT2D eigenvalue weighted by Gasteiger charge is 2.22. The Morgan fingerprint density at radius 1 is 1.00 bits per heavy atom. The summed E-state index contributed by atoms with van der Waals surface area (Å²) in [5.74, 6) is -0.0551. The lowest BCUT2D eigenvalue weighted by Gasteiger charge is -2.28. The van der Waals surface area contributed by atoms with Crippen molar-refractivity contribution < 1.29 is 9.59 Å². The van der Waals surface area contributed by atoms with Gasteiger partial charge < -0.3 is 10.2 Å². The number of carbonyl (C=O) groups is 2. The predicted molar refractivity (Wildman–Crippen MR) is 128 cm³/mol. The van der Waals surface area contributed by atoms with Gasteiger partial charge in [-0.05, 0) is 74.6 Å². The van der Waals surface area contributed by atoms with Gasteiger partial charge in [-0.25, -0.2) is 0 Å². The van der Waals surface area contributed by atoms with E-state index in [1.165, 1.54) is 5.56 Å². The summed E-state index contributed by atoms with van der Waals surface area (Å²) in [5.41, 5.74) is 6.34. The van der Waals surface area contributed by atoms with E-state index in [-0.39, 0.29) is 17.9 Å². The molecule has 0 spiro atoms. The van der Waals surface area contributed by atoms with Gasteiger partial charge in [-0.3, -0.25) is 14.6 Å². The van der Waals surface area contributed by atoms with E-state index in [1.807, 2.05) is 56.0 Å². The van der Waals surface area contributed by atoms with Crippen molar-refractivity contribution in [1.29, 1.82) is 0 Å². The zero-order valence-corrected chi connectivity index (χ0v) is 18.9. The lowest BCUT2D eigenvalue weighted by molar-refractivity contribution is -0.119. The molecular formula is C27H29N3O2. The molecule has 1 aromatic heterocycles. The number of nitrogens with zero attached hydrogens (tertiary/aromatic N) is 2. The molecule has 0 radical (unpaired) electrons. The molecular weight excluding hydrogens is 398 g/mol. The molecule has 1 aliphatic rings. The first-order chi connectivity index (χ1) is 15.4. The second-order valence-corrected chi connectivity index (χ2v) is 8.57. The van der Waals surface area contributed by atoms with E-state index in [2.05, 4.69) is 34.6 Å². The number of piperidine rings is 1. The predicted octanol–water partition coefficient (Wildman–Crippen LogP) is 5.37. The molecule has 2 amide bonds. The Bertz CT molecular complexity index is 1120. The van der Waals surface area contributed by atoms with E-state index < -0.39 is 0 Å². The van der Waals surface area contributed by atoms with Crippen molar-refractivity contribution in [3.63, 3.8) is 0 Å². The molecule has 0 aliphatic carbocycles. The number of anilines is 1. The highest BCUT2D eigenvalue weighted by Crippen LogP contribution is 2.30. The van der Waals surface area contributed by atoms with Crippen molar-refractivity contribution in [2.75, 3.05) is 11.4 Å². The zero-order valence-electron chi connectivity index (χ0n) is 18.9. The summed E-state index contributed by atoms with van der Waals surface area (Å²) in [6.45, 7) is 6.62. The SMILES string of the molecule is Cc1ccc(-c2cc(C(=O)NC(C)c3ccc(C)nc3)cc(N3CCCCC3=O)c2)cc1. The number of carbonyl (C=O) groups excluding carboxylic acids is 2. The first-order valence-corrected chi connectivity index (χ1v) is 11.2. The number of rotatable bonds is 5. The Labute approximate surface area is 189 Å². The van der Waals surface area contributed by atoms with Gasteiger partial charge in [0.25, 0.3) is 5.91 Å². The Morgan fingerprint density at radius 2 is 1.78 bits per heavy atom. The Balaban J connectivity index is 1.67. The van der Waals surface area contributed by atoms with E-state index in [0.29, 0.717) is 18.5 Å². The number of nitrogens with one attached hydrogen (secondary N) is 1. The van der Waals surface area contributed by atoms with Gasteiger partial charge in [-0.1, -0.05) is 35.9 Å². The molecule has 2 aromatic carbocycles.